The van der Waals surface area contributed by atoms with E-state index < -0.39 is 11.9 Å². The van der Waals surface area contributed by atoms with Crippen molar-refractivity contribution >= 4 is 17.7 Å². The van der Waals surface area contributed by atoms with Crippen molar-refractivity contribution in [3.8, 4) is 0 Å². The summed E-state index contributed by atoms with van der Waals surface area (Å²) in [6.45, 7) is 6.27. The highest BCUT2D eigenvalue weighted by Gasteiger charge is 2.17. The van der Waals surface area contributed by atoms with Gasteiger partial charge < -0.3 is 15.7 Å². The molecule has 0 saturated heterocycles. The molecule has 0 saturated carbocycles. The van der Waals surface area contributed by atoms with Crippen LogP contribution in [0.1, 0.15) is 45.1 Å². The molecule has 2 amide bonds. The molecule has 0 aliphatic carbocycles. The molecule has 116 valence electrons. The van der Waals surface area contributed by atoms with Gasteiger partial charge in [0.25, 0.3) is 0 Å². The highest BCUT2D eigenvalue weighted by Crippen LogP contribution is 2.17. The fourth-order valence-corrected chi connectivity index (χ4v) is 2.00. The number of carboxylic acid groups (broad SMARTS) is 1. The van der Waals surface area contributed by atoms with E-state index in [1.807, 2.05) is 31.2 Å². The Kier molecular flexibility index (Phi) is 6.72. The second-order valence-corrected chi connectivity index (χ2v) is 5.44. The number of hydrogen-bond acceptors (Lipinski definition) is 2. The van der Waals surface area contributed by atoms with Crippen molar-refractivity contribution in [3.63, 3.8) is 0 Å². The van der Waals surface area contributed by atoms with Gasteiger partial charge >= 0.3 is 12.0 Å². The molecule has 1 aromatic rings. The zero-order valence-corrected chi connectivity index (χ0v) is 12.8. The van der Waals surface area contributed by atoms with Gasteiger partial charge in [0, 0.05) is 12.2 Å². The van der Waals surface area contributed by atoms with Crippen molar-refractivity contribution in [2.75, 3.05) is 11.9 Å². The van der Waals surface area contributed by atoms with Gasteiger partial charge in [-0.3, -0.25) is 4.79 Å². The maximum Gasteiger partial charge on any atom is 0.319 e. The average Bonchev–Trinajstić information content (AvgIpc) is 2.43. The zero-order chi connectivity index (χ0) is 15.8. The number of benzene rings is 1. The fraction of sp³-hybridized carbons (Fsp3) is 0.500. The lowest BCUT2D eigenvalue weighted by Gasteiger charge is -2.13. The van der Waals surface area contributed by atoms with Crippen LogP contribution in [0.25, 0.3) is 0 Å². The second-order valence-electron chi connectivity index (χ2n) is 5.44. The molecule has 3 N–H and O–H groups in total. The summed E-state index contributed by atoms with van der Waals surface area (Å²) < 4.78 is 0. The van der Waals surface area contributed by atoms with E-state index in [0.717, 1.165) is 6.42 Å². The van der Waals surface area contributed by atoms with Crippen LogP contribution < -0.4 is 10.6 Å². The minimum absolute atomic E-state index is 0.138. The third-order valence-corrected chi connectivity index (χ3v) is 3.33. The predicted octanol–water partition coefficient (Wildman–Crippen LogP) is 3.43. The van der Waals surface area contributed by atoms with Crippen molar-refractivity contribution in [1.29, 1.82) is 0 Å². The Morgan fingerprint density at radius 1 is 1.19 bits per heavy atom. The number of aliphatic carboxylic acids is 1. The van der Waals surface area contributed by atoms with Crippen molar-refractivity contribution in [3.05, 3.63) is 29.8 Å². The third-order valence-electron chi connectivity index (χ3n) is 3.33. The Balaban J connectivity index is 2.47. The van der Waals surface area contributed by atoms with Gasteiger partial charge in [0.05, 0.1) is 5.92 Å². The number of anilines is 1. The van der Waals surface area contributed by atoms with Gasteiger partial charge in [-0.05, 0) is 30.0 Å². The van der Waals surface area contributed by atoms with E-state index in [2.05, 4.69) is 24.5 Å². The first-order chi connectivity index (χ1) is 9.93. The zero-order valence-electron chi connectivity index (χ0n) is 12.8. The molecule has 0 aliphatic heterocycles. The number of hydrogen-bond donors (Lipinski definition) is 3. The Morgan fingerprint density at radius 3 is 2.29 bits per heavy atom. The summed E-state index contributed by atoms with van der Waals surface area (Å²) in [7, 11) is 0. The van der Waals surface area contributed by atoms with Crippen LogP contribution in [-0.4, -0.2) is 23.7 Å². The molecule has 1 aromatic carbocycles. The molecule has 1 atom stereocenters. The first-order valence-electron chi connectivity index (χ1n) is 7.31. The molecule has 0 spiro atoms. The van der Waals surface area contributed by atoms with Gasteiger partial charge in [-0.15, -0.1) is 0 Å². The van der Waals surface area contributed by atoms with Crippen LogP contribution in [0, 0.1) is 5.92 Å². The molecule has 5 heteroatoms. The summed E-state index contributed by atoms with van der Waals surface area (Å²) in [6, 6.07) is 7.25. The number of carbonyl (C=O) groups excluding carboxylic acids is 1. The quantitative estimate of drug-likeness (QED) is 0.720. The average molecular weight is 292 g/mol. The minimum atomic E-state index is -0.876. The van der Waals surface area contributed by atoms with Crippen LogP contribution in [0.5, 0.6) is 0 Å². The van der Waals surface area contributed by atoms with E-state index >= 15 is 0 Å². The van der Waals surface area contributed by atoms with Crippen LogP contribution in [0.3, 0.4) is 0 Å². The Labute approximate surface area is 125 Å². The molecule has 21 heavy (non-hydrogen) atoms. The molecule has 0 fully saturated rings. The number of urea groups is 1. The highest BCUT2D eigenvalue weighted by atomic mass is 16.4. The Morgan fingerprint density at radius 2 is 1.81 bits per heavy atom. The lowest BCUT2D eigenvalue weighted by atomic mass is 10.0. The summed E-state index contributed by atoms with van der Waals surface area (Å²) in [4.78, 5) is 22.7. The molecule has 0 aromatic heterocycles. The van der Waals surface area contributed by atoms with E-state index in [4.69, 9.17) is 5.11 Å². The van der Waals surface area contributed by atoms with Gasteiger partial charge in [0.1, 0.15) is 0 Å². The molecule has 1 rings (SSSR count). The summed E-state index contributed by atoms with van der Waals surface area (Å²) in [6.07, 6.45) is 1.33. The van der Waals surface area contributed by atoms with Gasteiger partial charge in [0.2, 0.25) is 0 Å². The van der Waals surface area contributed by atoms with Crippen LogP contribution >= 0.6 is 0 Å². The van der Waals surface area contributed by atoms with Crippen molar-refractivity contribution in [2.24, 2.45) is 5.92 Å². The second kappa shape index (κ2) is 8.29. The number of carboxylic acids is 1. The normalized spacial score (nSPS) is 12.0. The number of carbonyl (C=O) groups is 2. The van der Waals surface area contributed by atoms with Gasteiger partial charge in [-0.2, -0.15) is 0 Å². The van der Waals surface area contributed by atoms with E-state index in [-0.39, 0.29) is 12.6 Å². The lowest BCUT2D eigenvalue weighted by molar-refractivity contribution is -0.141. The van der Waals surface area contributed by atoms with Crippen LogP contribution in [0.4, 0.5) is 10.5 Å². The van der Waals surface area contributed by atoms with Gasteiger partial charge in [0.15, 0.2) is 0 Å². The van der Waals surface area contributed by atoms with Crippen molar-refractivity contribution < 1.29 is 14.7 Å². The first-order valence-corrected chi connectivity index (χ1v) is 7.31. The number of amides is 2. The number of nitrogens with one attached hydrogen (secondary N) is 2. The van der Waals surface area contributed by atoms with E-state index in [1.165, 1.54) is 5.56 Å². The monoisotopic (exact) mass is 292 g/mol. The standard InChI is InChI=1S/C16H24N2O3/c1-4-5-13(15(19)20)10-17-16(21)18-14-8-6-12(7-9-14)11(2)3/h6-9,11,13H,4-5,10H2,1-3H3,(H,19,20)(H2,17,18,21). The summed E-state index contributed by atoms with van der Waals surface area (Å²) in [5.74, 6) is -0.972. The van der Waals surface area contributed by atoms with Gasteiger partial charge in [-0.25, -0.2) is 4.79 Å². The SMILES string of the molecule is CCCC(CNC(=O)Nc1ccc(C(C)C)cc1)C(=O)O. The molecule has 0 bridgehead atoms. The van der Waals surface area contributed by atoms with Crippen molar-refractivity contribution in [1.82, 2.24) is 5.32 Å². The molecule has 5 nitrogen and oxygen atoms in total. The van der Waals surface area contributed by atoms with E-state index in [0.29, 0.717) is 18.0 Å². The van der Waals surface area contributed by atoms with Crippen LogP contribution in [-0.2, 0) is 4.79 Å². The molecule has 0 heterocycles. The van der Waals surface area contributed by atoms with Gasteiger partial charge in [-0.1, -0.05) is 39.3 Å². The highest BCUT2D eigenvalue weighted by molar-refractivity contribution is 5.89. The first kappa shape index (κ1) is 17.0. The smallest absolute Gasteiger partial charge is 0.319 e. The maximum atomic E-state index is 11.7. The minimum Gasteiger partial charge on any atom is -0.481 e. The summed E-state index contributed by atoms with van der Waals surface area (Å²) >= 11 is 0. The fourth-order valence-electron chi connectivity index (χ4n) is 2.00. The molecular weight excluding hydrogens is 268 g/mol. The van der Waals surface area contributed by atoms with E-state index in [1.54, 1.807) is 0 Å². The Hall–Kier alpha value is -2.04. The van der Waals surface area contributed by atoms with E-state index in [9.17, 15) is 9.59 Å². The van der Waals surface area contributed by atoms with Crippen LogP contribution in [0.15, 0.2) is 24.3 Å². The molecule has 1 unspecified atom stereocenters. The van der Waals surface area contributed by atoms with Crippen LogP contribution in [0.2, 0.25) is 0 Å². The largest absolute Gasteiger partial charge is 0.481 e. The summed E-state index contributed by atoms with van der Waals surface area (Å²) in [5, 5.41) is 14.3. The lowest BCUT2D eigenvalue weighted by Crippen LogP contribution is -2.35. The molecule has 0 aliphatic rings. The van der Waals surface area contributed by atoms with Crippen molar-refractivity contribution in [2.45, 2.75) is 39.5 Å². The molecular formula is C16H24N2O3. The maximum absolute atomic E-state index is 11.7. The summed E-state index contributed by atoms with van der Waals surface area (Å²) in [5.41, 5.74) is 1.90. The Bertz CT molecular complexity index is 469. The number of rotatable bonds is 7. The third kappa shape index (κ3) is 5.85. The predicted molar refractivity (Wildman–Crippen MR) is 83.6 cm³/mol. The topological polar surface area (TPSA) is 78.4 Å². The molecule has 0 radical (unpaired) electrons.